The van der Waals surface area contributed by atoms with Crippen LogP contribution in [0.25, 0.3) is 0 Å². The van der Waals surface area contributed by atoms with Gasteiger partial charge in [-0.1, -0.05) is 18.2 Å². The van der Waals surface area contributed by atoms with Crippen LogP contribution >= 0.6 is 0 Å². The van der Waals surface area contributed by atoms with Crippen molar-refractivity contribution in [3.05, 3.63) is 47.4 Å². The number of aromatic nitrogens is 2. The van der Waals surface area contributed by atoms with Crippen LogP contribution in [0.5, 0.6) is 0 Å². The Morgan fingerprint density at radius 1 is 1.36 bits per heavy atom. The number of nitrogens with zero attached hydrogens (tertiary/aromatic N) is 2. The van der Waals surface area contributed by atoms with Gasteiger partial charge in [-0.25, -0.2) is 9.97 Å². The smallest absolute Gasteiger partial charge is 0.226 e. The highest BCUT2D eigenvalue weighted by molar-refractivity contribution is 5.95. The second kappa shape index (κ2) is 6.11. The van der Waals surface area contributed by atoms with Crippen LogP contribution in [-0.4, -0.2) is 22.4 Å². The number of rotatable bonds is 4. The summed E-state index contributed by atoms with van der Waals surface area (Å²) in [5.41, 5.74) is 8.42. The normalized spacial score (nSPS) is 16.8. The Morgan fingerprint density at radius 3 is 3.00 bits per heavy atom. The molecule has 6 nitrogen and oxygen atoms in total. The van der Waals surface area contributed by atoms with Crippen molar-refractivity contribution in [2.45, 2.75) is 25.8 Å². The molecule has 114 valence electrons. The number of benzene rings is 1. The number of carbonyl (C=O) groups is 1. The van der Waals surface area contributed by atoms with E-state index in [2.05, 4.69) is 20.6 Å². The van der Waals surface area contributed by atoms with Crippen molar-refractivity contribution in [1.82, 2.24) is 9.97 Å². The number of fused-ring (bicyclic) bond motifs is 1. The van der Waals surface area contributed by atoms with Gasteiger partial charge in [0.05, 0.1) is 12.5 Å². The summed E-state index contributed by atoms with van der Waals surface area (Å²) in [6.07, 6.45) is 1.09. The minimum Gasteiger partial charge on any atom is -0.363 e. The van der Waals surface area contributed by atoms with Crippen molar-refractivity contribution < 1.29 is 4.79 Å². The minimum absolute atomic E-state index is 0.00385. The van der Waals surface area contributed by atoms with Gasteiger partial charge in [-0.2, -0.15) is 0 Å². The Morgan fingerprint density at radius 2 is 2.18 bits per heavy atom. The molecule has 6 heteroatoms. The lowest BCUT2D eigenvalue weighted by Gasteiger charge is -2.26. The summed E-state index contributed by atoms with van der Waals surface area (Å²) in [4.78, 5) is 20.6. The van der Waals surface area contributed by atoms with E-state index in [-0.39, 0.29) is 11.9 Å². The Labute approximate surface area is 129 Å². The molecular formula is C16H19N5O. The molecule has 0 radical (unpaired) electrons. The van der Waals surface area contributed by atoms with Crippen molar-refractivity contribution in [2.75, 3.05) is 17.2 Å². The van der Waals surface area contributed by atoms with Crippen molar-refractivity contribution in [1.29, 1.82) is 0 Å². The second-order valence-corrected chi connectivity index (χ2v) is 5.37. The van der Waals surface area contributed by atoms with Crippen LogP contribution in [0.3, 0.4) is 0 Å². The standard InChI is InChI=1S/C16H19N5O/c1-10-18-11(6-7-17)8-15(19-10)20-14-9-16(22)21-13-5-3-2-4-12(13)14/h2-5,8,14H,6-7,9,17H2,1H3,(H,21,22)(H,18,19,20). The summed E-state index contributed by atoms with van der Waals surface area (Å²) in [5, 5.41) is 6.24. The number of anilines is 2. The molecule has 0 aliphatic carbocycles. The number of hydrogen-bond donors (Lipinski definition) is 3. The van der Waals surface area contributed by atoms with Gasteiger partial charge in [0.15, 0.2) is 0 Å². The Bertz CT molecular complexity index is 701. The summed E-state index contributed by atoms with van der Waals surface area (Å²) < 4.78 is 0. The van der Waals surface area contributed by atoms with Crippen LogP contribution in [-0.2, 0) is 11.2 Å². The zero-order valence-electron chi connectivity index (χ0n) is 12.5. The lowest BCUT2D eigenvalue weighted by molar-refractivity contribution is -0.116. The van der Waals surface area contributed by atoms with Gasteiger partial charge in [-0.3, -0.25) is 4.79 Å². The largest absolute Gasteiger partial charge is 0.363 e. The Kier molecular flexibility index (Phi) is 4.02. The van der Waals surface area contributed by atoms with Gasteiger partial charge < -0.3 is 16.4 Å². The summed E-state index contributed by atoms with van der Waals surface area (Å²) in [7, 11) is 0. The average Bonchev–Trinajstić information content (AvgIpc) is 2.46. The summed E-state index contributed by atoms with van der Waals surface area (Å²) in [5.74, 6) is 1.43. The van der Waals surface area contributed by atoms with Crippen molar-refractivity contribution >= 4 is 17.4 Å². The van der Waals surface area contributed by atoms with E-state index in [0.29, 0.717) is 25.2 Å². The fraction of sp³-hybridized carbons (Fsp3) is 0.312. The van der Waals surface area contributed by atoms with Crippen molar-refractivity contribution in [3.8, 4) is 0 Å². The van der Waals surface area contributed by atoms with Gasteiger partial charge in [0.25, 0.3) is 0 Å². The molecule has 2 aromatic rings. The van der Waals surface area contributed by atoms with Gasteiger partial charge in [-0.05, 0) is 25.1 Å². The molecule has 1 aromatic heterocycles. The molecule has 4 N–H and O–H groups in total. The first kappa shape index (κ1) is 14.5. The number of para-hydroxylation sites is 1. The van der Waals surface area contributed by atoms with Crippen LogP contribution in [0.1, 0.15) is 29.5 Å². The van der Waals surface area contributed by atoms with Gasteiger partial charge in [-0.15, -0.1) is 0 Å². The minimum atomic E-state index is -0.0926. The van der Waals surface area contributed by atoms with Crippen LogP contribution in [0.2, 0.25) is 0 Å². The lowest BCUT2D eigenvalue weighted by atomic mass is 9.97. The highest BCUT2D eigenvalue weighted by Crippen LogP contribution is 2.32. The molecule has 2 heterocycles. The molecule has 0 saturated carbocycles. The quantitative estimate of drug-likeness (QED) is 0.800. The zero-order valence-corrected chi connectivity index (χ0v) is 12.5. The van der Waals surface area contributed by atoms with Gasteiger partial charge >= 0.3 is 0 Å². The van der Waals surface area contributed by atoms with E-state index in [1.807, 2.05) is 37.3 Å². The summed E-state index contributed by atoms with van der Waals surface area (Å²) in [6, 6.07) is 9.61. The maximum atomic E-state index is 11.9. The lowest BCUT2D eigenvalue weighted by Crippen LogP contribution is -2.27. The van der Waals surface area contributed by atoms with Crippen LogP contribution < -0.4 is 16.4 Å². The molecular weight excluding hydrogens is 278 g/mol. The third kappa shape index (κ3) is 3.07. The van der Waals surface area contributed by atoms with Crippen LogP contribution in [0.15, 0.2) is 30.3 Å². The summed E-state index contributed by atoms with van der Waals surface area (Å²) >= 11 is 0. The van der Waals surface area contributed by atoms with E-state index in [4.69, 9.17) is 5.73 Å². The molecule has 0 bridgehead atoms. The number of amides is 1. The fourth-order valence-corrected chi connectivity index (χ4v) is 2.70. The maximum absolute atomic E-state index is 11.9. The molecule has 0 spiro atoms. The molecule has 1 aromatic carbocycles. The number of nitrogens with one attached hydrogen (secondary N) is 2. The third-order valence-corrected chi connectivity index (χ3v) is 3.61. The fourth-order valence-electron chi connectivity index (χ4n) is 2.70. The van der Waals surface area contributed by atoms with E-state index < -0.39 is 0 Å². The molecule has 22 heavy (non-hydrogen) atoms. The van der Waals surface area contributed by atoms with Gasteiger partial charge in [0, 0.05) is 23.9 Å². The first-order chi connectivity index (χ1) is 10.7. The molecule has 1 aliphatic rings. The first-order valence-electron chi connectivity index (χ1n) is 7.35. The topological polar surface area (TPSA) is 92.9 Å². The van der Waals surface area contributed by atoms with Crippen LogP contribution in [0, 0.1) is 6.92 Å². The van der Waals surface area contributed by atoms with Crippen LogP contribution in [0.4, 0.5) is 11.5 Å². The Hall–Kier alpha value is -2.47. The number of hydrogen-bond acceptors (Lipinski definition) is 5. The maximum Gasteiger partial charge on any atom is 0.226 e. The van der Waals surface area contributed by atoms with E-state index >= 15 is 0 Å². The van der Waals surface area contributed by atoms with Gasteiger partial charge in [0.2, 0.25) is 5.91 Å². The molecule has 1 atom stereocenters. The molecule has 1 unspecified atom stereocenters. The van der Waals surface area contributed by atoms with Gasteiger partial charge in [0.1, 0.15) is 11.6 Å². The third-order valence-electron chi connectivity index (χ3n) is 3.61. The molecule has 3 rings (SSSR count). The molecule has 0 fully saturated rings. The second-order valence-electron chi connectivity index (χ2n) is 5.37. The van der Waals surface area contributed by atoms with E-state index in [9.17, 15) is 4.79 Å². The predicted octanol–water partition coefficient (Wildman–Crippen LogP) is 1.78. The monoisotopic (exact) mass is 297 g/mol. The number of aryl methyl sites for hydroxylation is 1. The molecule has 1 aliphatic heterocycles. The zero-order chi connectivity index (χ0) is 15.5. The van der Waals surface area contributed by atoms with E-state index in [1.165, 1.54) is 0 Å². The highest BCUT2D eigenvalue weighted by atomic mass is 16.1. The average molecular weight is 297 g/mol. The SMILES string of the molecule is Cc1nc(CCN)cc(NC2CC(=O)Nc3ccccc32)n1. The molecule has 1 amide bonds. The Balaban J connectivity index is 1.88. The van der Waals surface area contributed by atoms with Crippen molar-refractivity contribution in [3.63, 3.8) is 0 Å². The highest BCUT2D eigenvalue weighted by Gasteiger charge is 2.25. The predicted molar refractivity (Wildman–Crippen MR) is 85.6 cm³/mol. The summed E-state index contributed by atoms with van der Waals surface area (Å²) in [6.45, 7) is 2.40. The molecule has 0 saturated heterocycles. The van der Waals surface area contributed by atoms with Crippen molar-refractivity contribution in [2.24, 2.45) is 5.73 Å². The van der Waals surface area contributed by atoms with E-state index in [1.54, 1.807) is 0 Å². The first-order valence-corrected chi connectivity index (χ1v) is 7.35. The van der Waals surface area contributed by atoms with E-state index in [0.717, 1.165) is 22.8 Å². The number of nitrogens with two attached hydrogens (primary N) is 1. The number of carbonyl (C=O) groups excluding carboxylic acids is 1.